The lowest BCUT2D eigenvalue weighted by molar-refractivity contribution is 0.0898. The first kappa shape index (κ1) is 14.4. The number of nitrogens with one attached hydrogen (secondary N) is 1. The molecule has 0 bridgehead atoms. The van der Waals surface area contributed by atoms with Gasteiger partial charge in [0.25, 0.3) is 5.91 Å². The maximum absolute atomic E-state index is 12.2. The van der Waals surface area contributed by atoms with Crippen LogP contribution in [-0.2, 0) is 13.7 Å². The molecule has 0 atom stereocenters. The Morgan fingerprint density at radius 3 is 2.78 bits per heavy atom. The molecule has 2 heterocycles. The Morgan fingerprint density at radius 2 is 2.17 bits per heavy atom. The molecule has 122 valence electrons. The molecule has 0 unspecified atom stereocenters. The third kappa shape index (κ3) is 2.55. The number of nitrogens with zero attached hydrogens (tertiary/aromatic N) is 4. The van der Waals surface area contributed by atoms with Gasteiger partial charge in [-0.2, -0.15) is 0 Å². The van der Waals surface area contributed by atoms with Crippen LogP contribution in [0.1, 0.15) is 59.8 Å². The summed E-state index contributed by atoms with van der Waals surface area (Å²) in [6, 6.07) is 4.33. The standard InChI is InChI=1S/C16H21N5O2/c1-20-6-2-3-13(20)16(23)17-11-7-10(8-11)15-19-18-14(9-22)21(15)12-4-5-12/h2-3,6,10-12,22H,4-5,7-9H2,1H3,(H,17,23). The molecule has 0 aliphatic heterocycles. The Labute approximate surface area is 134 Å². The number of carbonyl (C=O) groups excluding carboxylic acids is 1. The molecular weight excluding hydrogens is 294 g/mol. The van der Waals surface area contributed by atoms with Crippen LogP contribution in [0.3, 0.4) is 0 Å². The van der Waals surface area contributed by atoms with E-state index in [0.717, 1.165) is 31.5 Å². The quantitative estimate of drug-likeness (QED) is 0.866. The summed E-state index contributed by atoms with van der Waals surface area (Å²) in [7, 11) is 1.87. The summed E-state index contributed by atoms with van der Waals surface area (Å²) in [6.45, 7) is -0.0656. The average Bonchev–Trinajstić information content (AvgIpc) is 3.10. The monoisotopic (exact) mass is 315 g/mol. The number of aliphatic hydroxyl groups excluding tert-OH is 1. The molecule has 2 saturated carbocycles. The Kier molecular flexibility index (Phi) is 3.45. The van der Waals surface area contributed by atoms with Gasteiger partial charge in [-0.1, -0.05) is 0 Å². The Hall–Kier alpha value is -2.15. The predicted octanol–water partition coefficient (Wildman–Crippen LogP) is 1.12. The Balaban J connectivity index is 1.39. The molecule has 2 N–H and O–H groups in total. The van der Waals surface area contributed by atoms with Crippen LogP contribution in [0, 0.1) is 0 Å². The first-order chi connectivity index (χ1) is 11.2. The van der Waals surface area contributed by atoms with Crippen LogP contribution in [0.15, 0.2) is 18.3 Å². The molecule has 0 spiro atoms. The smallest absolute Gasteiger partial charge is 0.268 e. The number of rotatable bonds is 5. The summed E-state index contributed by atoms with van der Waals surface area (Å²) < 4.78 is 3.93. The second-order valence-electron chi connectivity index (χ2n) is 6.58. The molecule has 1 amide bonds. The van der Waals surface area contributed by atoms with E-state index in [1.807, 2.05) is 29.9 Å². The summed E-state index contributed by atoms with van der Waals surface area (Å²) in [5.41, 5.74) is 0.678. The molecule has 7 nitrogen and oxygen atoms in total. The third-order valence-electron chi connectivity index (χ3n) is 4.86. The van der Waals surface area contributed by atoms with Gasteiger partial charge in [-0.25, -0.2) is 0 Å². The minimum absolute atomic E-state index is 0.0272. The summed E-state index contributed by atoms with van der Waals surface area (Å²) in [6.07, 6.45) is 5.91. The van der Waals surface area contributed by atoms with Gasteiger partial charge in [-0.05, 0) is 37.8 Å². The number of carbonyl (C=O) groups is 1. The van der Waals surface area contributed by atoms with Crippen molar-refractivity contribution in [3.8, 4) is 0 Å². The number of aliphatic hydroxyl groups is 1. The number of hydrogen-bond acceptors (Lipinski definition) is 4. The van der Waals surface area contributed by atoms with Gasteiger partial charge in [0.05, 0.1) is 0 Å². The van der Waals surface area contributed by atoms with Gasteiger partial charge in [-0.3, -0.25) is 4.79 Å². The van der Waals surface area contributed by atoms with Crippen molar-refractivity contribution in [2.75, 3.05) is 0 Å². The van der Waals surface area contributed by atoms with Gasteiger partial charge < -0.3 is 19.6 Å². The van der Waals surface area contributed by atoms with E-state index in [4.69, 9.17) is 0 Å². The summed E-state index contributed by atoms with van der Waals surface area (Å²) in [5, 5.41) is 20.9. The molecule has 0 radical (unpaired) electrons. The van der Waals surface area contributed by atoms with Gasteiger partial charge >= 0.3 is 0 Å². The topological polar surface area (TPSA) is 85.0 Å². The van der Waals surface area contributed by atoms with Crippen LogP contribution in [0.25, 0.3) is 0 Å². The zero-order valence-corrected chi connectivity index (χ0v) is 13.1. The molecule has 0 aromatic carbocycles. The van der Waals surface area contributed by atoms with Crippen molar-refractivity contribution in [3.63, 3.8) is 0 Å². The third-order valence-corrected chi connectivity index (χ3v) is 4.86. The van der Waals surface area contributed by atoms with Crippen LogP contribution >= 0.6 is 0 Å². The lowest BCUT2D eigenvalue weighted by Crippen LogP contribution is -2.44. The largest absolute Gasteiger partial charge is 0.388 e. The van der Waals surface area contributed by atoms with Crippen molar-refractivity contribution < 1.29 is 9.90 Å². The number of amides is 1. The van der Waals surface area contributed by atoms with Gasteiger partial charge in [0.1, 0.15) is 18.1 Å². The van der Waals surface area contributed by atoms with Crippen molar-refractivity contribution in [2.24, 2.45) is 7.05 Å². The van der Waals surface area contributed by atoms with Crippen LogP contribution < -0.4 is 5.32 Å². The predicted molar refractivity (Wildman–Crippen MR) is 82.9 cm³/mol. The zero-order valence-electron chi connectivity index (χ0n) is 13.1. The summed E-state index contributed by atoms with van der Waals surface area (Å²) in [4.78, 5) is 12.2. The summed E-state index contributed by atoms with van der Waals surface area (Å²) in [5.74, 6) is 1.93. The lowest BCUT2D eigenvalue weighted by atomic mass is 9.79. The van der Waals surface area contributed by atoms with Crippen LogP contribution in [-0.4, -0.2) is 36.4 Å². The number of aromatic nitrogens is 4. The fourth-order valence-corrected chi connectivity index (χ4v) is 3.36. The second-order valence-corrected chi connectivity index (χ2v) is 6.58. The number of aryl methyl sites for hydroxylation is 1. The highest BCUT2D eigenvalue weighted by molar-refractivity contribution is 5.93. The highest BCUT2D eigenvalue weighted by Gasteiger charge is 2.38. The molecule has 2 fully saturated rings. The lowest BCUT2D eigenvalue weighted by Gasteiger charge is -2.35. The molecular formula is C16H21N5O2. The molecule has 4 rings (SSSR count). The van der Waals surface area contributed by atoms with Gasteiger partial charge in [0, 0.05) is 31.2 Å². The SMILES string of the molecule is Cn1cccc1C(=O)NC1CC(c2nnc(CO)n2C2CC2)C1. The highest BCUT2D eigenvalue weighted by atomic mass is 16.3. The van der Waals surface area contributed by atoms with Crippen LogP contribution in [0.5, 0.6) is 0 Å². The van der Waals surface area contributed by atoms with E-state index in [-0.39, 0.29) is 18.6 Å². The molecule has 2 aliphatic rings. The van der Waals surface area contributed by atoms with E-state index in [1.54, 1.807) is 0 Å². The molecule has 23 heavy (non-hydrogen) atoms. The minimum atomic E-state index is -0.0656. The van der Waals surface area contributed by atoms with E-state index in [1.165, 1.54) is 0 Å². The molecule has 2 aliphatic carbocycles. The van der Waals surface area contributed by atoms with Crippen LogP contribution in [0.4, 0.5) is 0 Å². The van der Waals surface area contributed by atoms with E-state index in [0.29, 0.717) is 23.5 Å². The fourth-order valence-electron chi connectivity index (χ4n) is 3.36. The second kappa shape index (κ2) is 5.49. The van der Waals surface area contributed by atoms with Gasteiger partial charge in [0.15, 0.2) is 5.82 Å². The van der Waals surface area contributed by atoms with E-state index >= 15 is 0 Å². The van der Waals surface area contributed by atoms with Crippen molar-refractivity contribution in [3.05, 3.63) is 35.7 Å². The van der Waals surface area contributed by atoms with Crippen molar-refractivity contribution in [1.29, 1.82) is 0 Å². The van der Waals surface area contributed by atoms with Crippen molar-refractivity contribution >= 4 is 5.91 Å². The maximum atomic E-state index is 12.2. The molecule has 0 saturated heterocycles. The van der Waals surface area contributed by atoms with E-state index in [2.05, 4.69) is 20.1 Å². The Morgan fingerprint density at radius 1 is 1.39 bits per heavy atom. The molecule has 2 aromatic rings. The Bertz CT molecular complexity index is 725. The van der Waals surface area contributed by atoms with Crippen molar-refractivity contribution in [2.45, 2.75) is 50.3 Å². The fraction of sp³-hybridized carbons (Fsp3) is 0.562. The van der Waals surface area contributed by atoms with Gasteiger partial charge in [-0.15, -0.1) is 10.2 Å². The van der Waals surface area contributed by atoms with Gasteiger partial charge in [0.2, 0.25) is 0 Å². The van der Waals surface area contributed by atoms with E-state index < -0.39 is 0 Å². The molecule has 2 aromatic heterocycles. The van der Waals surface area contributed by atoms with E-state index in [9.17, 15) is 9.90 Å². The highest BCUT2D eigenvalue weighted by Crippen LogP contribution is 2.42. The normalized spacial score (nSPS) is 23.6. The first-order valence-corrected chi connectivity index (χ1v) is 8.14. The minimum Gasteiger partial charge on any atom is -0.388 e. The number of hydrogen-bond donors (Lipinski definition) is 2. The average molecular weight is 315 g/mol. The maximum Gasteiger partial charge on any atom is 0.268 e. The summed E-state index contributed by atoms with van der Waals surface area (Å²) >= 11 is 0. The zero-order chi connectivity index (χ0) is 16.0. The first-order valence-electron chi connectivity index (χ1n) is 8.14. The van der Waals surface area contributed by atoms with Crippen LogP contribution in [0.2, 0.25) is 0 Å². The van der Waals surface area contributed by atoms with Crippen molar-refractivity contribution in [1.82, 2.24) is 24.6 Å². The molecule has 7 heteroatoms.